The van der Waals surface area contributed by atoms with Crippen molar-refractivity contribution in [1.29, 1.82) is 0 Å². The van der Waals surface area contributed by atoms with Gasteiger partial charge in [0.25, 0.3) is 0 Å². The van der Waals surface area contributed by atoms with Crippen LogP contribution >= 0.6 is 0 Å². The zero-order valence-electron chi connectivity index (χ0n) is 14.3. The lowest BCUT2D eigenvalue weighted by molar-refractivity contribution is -0.121. The van der Waals surface area contributed by atoms with Gasteiger partial charge in [-0.1, -0.05) is 20.8 Å². The summed E-state index contributed by atoms with van der Waals surface area (Å²) in [5, 5.41) is 2.91. The second-order valence-corrected chi connectivity index (χ2v) is 7.05. The quantitative estimate of drug-likeness (QED) is 0.913. The maximum atomic E-state index is 12.4. The van der Waals surface area contributed by atoms with Crippen molar-refractivity contribution in [2.45, 2.75) is 39.2 Å². The first-order valence-electron chi connectivity index (χ1n) is 7.83. The first kappa shape index (κ1) is 16.8. The molecule has 2 heterocycles. The molecule has 2 rings (SSSR count). The van der Waals surface area contributed by atoms with Crippen LogP contribution in [0.15, 0.2) is 12.4 Å². The van der Waals surface area contributed by atoms with E-state index in [2.05, 4.69) is 52.9 Å². The molecule has 0 aromatic carbocycles. The molecule has 6 nitrogen and oxygen atoms in total. The predicted octanol–water partition coefficient (Wildman–Crippen LogP) is 1.35. The Morgan fingerprint density at radius 3 is 2.23 bits per heavy atom. The lowest BCUT2D eigenvalue weighted by Crippen LogP contribution is -2.51. The number of anilines is 1. The van der Waals surface area contributed by atoms with Crippen molar-refractivity contribution in [3.8, 4) is 0 Å². The Bertz CT molecular complexity index is 500. The van der Waals surface area contributed by atoms with Crippen LogP contribution in [0.3, 0.4) is 0 Å². The molecular formula is C16H27N5O. The lowest BCUT2D eigenvalue weighted by atomic mass is 9.96. The van der Waals surface area contributed by atoms with E-state index in [1.807, 2.05) is 6.92 Å². The van der Waals surface area contributed by atoms with E-state index in [1.165, 1.54) is 0 Å². The number of nitrogens with zero attached hydrogens (tertiary/aromatic N) is 4. The summed E-state index contributed by atoms with van der Waals surface area (Å²) >= 11 is 0. The van der Waals surface area contributed by atoms with E-state index in [0.717, 1.165) is 32.0 Å². The van der Waals surface area contributed by atoms with Crippen molar-refractivity contribution in [2.24, 2.45) is 0 Å². The van der Waals surface area contributed by atoms with E-state index in [9.17, 15) is 4.79 Å². The summed E-state index contributed by atoms with van der Waals surface area (Å²) in [7, 11) is 2.11. The maximum absolute atomic E-state index is 12.4. The molecule has 1 aromatic rings. The minimum atomic E-state index is -0.143. The molecule has 1 aromatic heterocycles. The Morgan fingerprint density at radius 1 is 1.18 bits per heavy atom. The van der Waals surface area contributed by atoms with Crippen LogP contribution in [0.25, 0.3) is 0 Å². The fourth-order valence-electron chi connectivity index (χ4n) is 2.40. The highest BCUT2D eigenvalue weighted by Gasteiger charge is 2.24. The van der Waals surface area contributed by atoms with E-state index < -0.39 is 0 Å². The number of piperazine rings is 1. The molecule has 0 unspecified atom stereocenters. The van der Waals surface area contributed by atoms with Gasteiger partial charge in [0.1, 0.15) is 5.82 Å². The molecule has 6 heteroatoms. The van der Waals surface area contributed by atoms with Crippen LogP contribution in [-0.4, -0.2) is 64.9 Å². The Balaban J connectivity index is 1.94. The van der Waals surface area contributed by atoms with Crippen molar-refractivity contribution in [1.82, 2.24) is 19.8 Å². The van der Waals surface area contributed by atoms with Gasteiger partial charge in [0.15, 0.2) is 0 Å². The predicted molar refractivity (Wildman–Crippen MR) is 87.9 cm³/mol. The lowest BCUT2D eigenvalue weighted by Gasteiger charge is -2.35. The standard InChI is InChI=1S/C16H27N5O/c1-12(21-8-6-20(5)7-9-21)14(22)19-13-10-17-15(18-11-13)16(2,3)4/h10-12H,6-9H2,1-5H3,(H,19,22)/t12-/m1/s1. The van der Waals surface area contributed by atoms with E-state index in [0.29, 0.717) is 5.69 Å². The number of aromatic nitrogens is 2. The largest absolute Gasteiger partial charge is 0.322 e. The van der Waals surface area contributed by atoms with Gasteiger partial charge in [-0.2, -0.15) is 0 Å². The van der Waals surface area contributed by atoms with Crippen LogP contribution in [0.1, 0.15) is 33.5 Å². The van der Waals surface area contributed by atoms with Gasteiger partial charge < -0.3 is 10.2 Å². The third-order valence-corrected chi connectivity index (χ3v) is 4.06. The molecule has 1 saturated heterocycles. The summed E-state index contributed by atoms with van der Waals surface area (Å²) in [6.07, 6.45) is 3.37. The molecule has 0 bridgehead atoms. The van der Waals surface area contributed by atoms with E-state index >= 15 is 0 Å². The van der Waals surface area contributed by atoms with Gasteiger partial charge in [-0.25, -0.2) is 9.97 Å². The number of nitrogens with one attached hydrogen (secondary N) is 1. The fourth-order valence-corrected chi connectivity index (χ4v) is 2.40. The van der Waals surface area contributed by atoms with E-state index in [4.69, 9.17) is 0 Å². The van der Waals surface area contributed by atoms with Crippen LogP contribution in [0.2, 0.25) is 0 Å². The number of hydrogen-bond donors (Lipinski definition) is 1. The van der Waals surface area contributed by atoms with Gasteiger partial charge in [0.2, 0.25) is 5.91 Å². The highest BCUT2D eigenvalue weighted by Crippen LogP contribution is 2.18. The number of carbonyl (C=O) groups excluding carboxylic acids is 1. The SMILES string of the molecule is C[C@H](C(=O)Nc1cnc(C(C)(C)C)nc1)N1CCN(C)CC1. The smallest absolute Gasteiger partial charge is 0.241 e. The molecule has 0 saturated carbocycles. The van der Waals surface area contributed by atoms with Crippen molar-refractivity contribution in [2.75, 3.05) is 38.5 Å². The topological polar surface area (TPSA) is 61.4 Å². The highest BCUT2D eigenvalue weighted by atomic mass is 16.2. The zero-order chi connectivity index (χ0) is 16.3. The fraction of sp³-hybridized carbons (Fsp3) is 0.688. The number of likely N-dealkylation sites (N-methyl/N-ethyl adjacent to an activating group) is 1. The van der Waals surface area contributed by atoms with Gasteiger partial charge in [-0.3, -0.25) is 9.69 Å². The average molecular weight is 305 g/mol. The third kappa shape index (κ3) is 4.24. The minimum absolute atomic E-state index is 0.00309. The molecule has 0 aliphatic carbocycles. The summed E-state index contributed by atoms with van der Waals surface area (Å²) in [6, 6.07) is -0.143. The molecule has 22 heavy (non-hydrogen) atoms. The monoisotopic (exact) mass is 305 g/mol. The highest BCUT2D eigenvalue weighted by molar-refractivity contribution is 5.94. The number of carbonyl (C=O) groups is 1. The van der Waals surface area contributed by atoms with Crippen molar-refractivity contribution in [3.05, 3.63) is 18.2 Å². The number of hydrogen-bond acceptors (Lipinski definition) is 5. The Kier molecular flexibility index (Phi) is 5.13. The minimum Gasteiger partial charge on any atom is -0.322 e. The Labute approximate surface area is 132 Å². The zero-order valence-corrected chi connectivity index (χ0v) is 14.3. The first-order valence-corrected chi connectivity index (χ1v) is 7.83. The Morgan fingerprint density at radius 2 is 1.73 bits per heavy atom. The summed E-state index contributed by atoms with van der Waals surface area (Å²) < 4.78 is 0. The third-order valence-electron chi connectivity index (χ3n) is 4.06. The van der Waals surface area contributed by atoms with Crippen LogP contribution in [-0.2, 0) is 10.2 Å². The Hall–Kier alpha value is -1.53. The second-order valence-electron chi connectivity index (χ2n) is 7.05. The summed E-state index contributed by atoms with van der Waals surface area (Å²) in [6.45, 7) is 12.0. The van der Waals surface area contributed by atoms with Crippen LogP contribution in [0, 0.1) is 0 Å². The van der Waals surface area contributed by atoms with E-state index in [1.54, 1.807) is 12.4 Å². The molecule has 0 spiro atoms. The molecular weight excluding hydrogens is 278 g/mol. The molecule has 1 aliphatic rings. The average Bonchev–Trinajstić information content (AvgIpc) is 2.47. The van der Waals surface area contributed by atoms with Crippen molar-refractivity contribution in [3.63, 3.8) is 0 Å². The second kappa shape index (κ2) is 6.71. The van der Waals surface area contributed by atoms with E-state index in [-0.39, 0.29) is 17.4 Å². The molecule has 1 fully saturated rings. The normalized spacial score (nSPS) is 19.0. The maximum Gasteiger partial charge on any atom is 0.241 e. The van der Waals surface area contributed by atoms with Gasteiger partial charge >= 0.3 is 0 Å². The van der Waals surface area contributed by atoms with Crippen LogP contribution in [0.5, 0.6) is 0 Å². The van der Waals surface area contributed by atoms with Crippen LogP contribution in [0.4, 0.5) is 5.69 Å². The molecule has 1 aliphatic heterocycles. The molecule has 1 atom stereocenters. The number of amides is 1. The van der Waals surface area contributed by atoms with Crippen molar-refractivity contribution < 1.29 is 4.79 Å². The summed E-state index contributed by atoms with van der Waals surface area (Å²) in [5.74, 6) is 0.772. The molecule has 0 radical (unpaired) electrons. The number of rotatable bonds is 3. The van der Waals surface area contributed by atoms with Crippen LogP contribution < -0.4 is 5.32 Å². The summed E-state index contributed by atoms with van der Waals surface area (Å²) in [5.41, 5.74) is 0.564. The van der Waals surface area contributed by atoms with Gasteiger partial charge in [-0.05, 0) is 14.0 Å². The van der Waals surface area contributed by atoms with Crippen molar-refractivity contribution >= 4 is 11.6 Å². The van der Waals surface area contributed by atoms with Gasteiger partial charge in [0, 0.05) is 31.6 Å². The van der Waals surface area contributed by atoms with Gasteiger partial charge in [-0.15, -0.1) is 0 Å². The molecule has 122 valence electrons. The van der Waals surface area contributed by atoms with Gasteiger partial charge in [0.05, 0.1) is 24.1 Å². The first-order chi connectivity index (χ1) is 10.3. The molecule has 1 amide bonds. The summed E-state index contributed by atoms with van der Waals surface area (Å²) in [4.78, 5) is 25.5. The molecule has 1 N–H and O–H groups in total.